The number of hydrogen-bond acceptors (Lipinski definition) is 6. The molecule has 130 valence electrons. The number of carbonyl (C=O) groups excluding carboxylic acids is 1. The van der Waals surface area contributed by atoms with E-state index in [4.69, 9.17) is 4.74 Å². The van der Waals surface area contributed by atoms with Crippen LogP contribution in [0.5, 0.6) is 0 Å². The summed E-state index contributed by atoms with van der Waals surface area (Å²) < 4.78 is 31.8. The molecule has 1 aromatic heterocycles. The van der Waals surface area contributed by atoms with Gasteiger partial charge in [-0.3, -0.25) is 4.98 Å². The quantitative estimate of drug-likeness (QED) is 0.552. The predicted octanol–water partition coefficient (Wildman–Crippen LogP) is 1.32. The van der Waals surface area contributed by atoms with Crippen LogP contribution in [0.15, 0.2) is 23.4 Å². The summed E-state index contributed by atoms with van der Waals surface area (Å²) in [5, 5.41) is 5.48. The fourth-order valence-electron chi connectivity index (χ4n) is 1.73. The van der Waals surface area contributed by atoms with Gasteiger partial charge >= 0.3 is 6.03 Å². The average Bonchev–Trinajstić information content (AvgIpc) is 2.52. The van der Waals surface area contributed by atoms with Crippen molar-refractivity contribution in [2.45, 2.75) is 31.6 Å². The molecule has 0 spiro atoms. The molecule has 23 heavy (non-hydrogen) atoms. The minimum absolute atomic E-state index is 0.0666. The van der Waals surface area contributed by atoms with Crippen LogP contribution in [0.4, 0.5) is 10.5 Å². The SMILES string of the molecule is CCCNC(=O)NS(=O)(=O)c1cnccc1NCCCOCC. The number of nitrogens with zero attached hydrogens (tertiary/aromatic N) is 1. The maximum Gasteiger partial charge on any atom is 0.328 e. The number of sulfonamides is 1. The van der Waals surface area contributed by atoms with Crippen LogP contribution in [0.3, 0.4) is 0 Å². The Hall–Kier alpha value is -1.87. The third-order valence-electron chi connectivity index (χ3n) is 2.82. The summed E-state index contributed by atoms with van der Waals surface area (Å²) in [6.07, 6.45) is 4.15. The lowest BCUT2D eigenvalue weighted by molar-refractivity contribution is 0.147. The van der Waals surface area contributed by atoms with E-state index in [0.29, 0.717) is 38.4 Å². The number of carbonyl (C=O) groups is 1. The van der Waals surface area contributed by atoms with Gasteiger partial charge in [0.05, 0.1) is 5.69 Å². The highest BCUT2D eigenvalue weighted by atomic mass is 32.2. The average molecular weight is 344 g/mol. The van der Waals surface area contributed by atoms with E-state index in [2.05, 4.69) is 15.6 Å². The van der Waals surface area contributed by atoms with Crippen molar-refractivity contribution in [3.63, 3.8) is 0 Å². The normalized spacial score (nSPS) is 11.0. The summed E-state index contributed by atoms with van der Waals surface area (Å²) in [6.45, 7) is 5.97. The van der Waals surface area contributed by atoms with Crippen molar-refractivity contribution < 1.29 is 17.9 Å². The van der Waals surface area contributed by atoms with E-state index >= 15 is 0 Å². The van der Waals surface area contributed by atoms with Crippen LogP contribution in [0.1, 0.15) is 26.7 Å². The molecule has 0 radical (unpaired) electrons. The van der Waals surface area contributed by atoms with Gasteiger partial charge in [-0.05, 0) is 25.8 Å². The molecule has 0 aliphatic carbocycles. The first-order chi connectivity index (χ1) is 11.0. The van der Waals surface area contributed by atoms with Crippen molar-refractivity contribution in [2.24, 2.45) is 0 Å². The largest absolute Gasteiger partial charge is 0.384 e. The predicted molar refractivity (Wildman–Crippen MR) is 87.8 cm³/mol. The van der Waals surface area contributed by atoms with Crippen molar-refractivity contribution in [1.82, 2.24) is 15.0 Å². The third kappa shape index (κ3) is 6.83. The van der Waals surface area contributed by atoms with Gasteiger partial charge in [0, 0.05) is 38.7 Å². The van der Waals surface area contributed by atoms with Gasteiger partial charge < -0.3 is 15.4 Å². The first-order valence-corrected chi connectivity index (χ1v) is 9.05. The Labute approximate surface area is 137 Å². The van der Waals surface area contributed by atoms with Crippen molar-refractivity contribution in [2.75, 3.05) is 31.6 Å². The number of urea groups is 1. The Balaban J connectivity index is 2.72. The molecule has 0 saturated heterocycles. The molecule has 0 bridgehead atoms. The Kier molecular flexibility index (Phi) is 8.35. The molecule has 0 fully saturated rings. The second kappa shape index (κ2) is 10.0. The number of hydrogen-bond donors (Lipinski definition) is 3. The Morgan fingerprint density at radius 1 is 1.30 bits per heavy atom. The molecule has 1 aromatic rings. The molecule has 0 saturated carbocycles. The molecule has 2 amide bonds. The molecule has 0 aliphatic heterocycles. The highest BCUT2D eigenvalue weighted by Crippen LogP contribution is 2.19. The van der Waals surface area contributed by atoms with Gasteiger partial charge in [-0.25, -0.2) is 17.9 Å². The first-order valence-electron chi connectivity index (χ1n) is 7.57. The van der Waals surface area contributed by atoms with Crippen molar-refractivity contribution in [3.05, 3.63) is 18.5 Å². The highest BCUT2D eigenvalue weighted by Gasteiger charge is 2.21. The Bertz CT molecular complexity index is 592. The van der Waals surface area contributed by atoms with E-state index in [1.165, 1.54) is 12.4 Å². The van der Waals surface area contributed by atoms with Gasteiger partial charge in [-0.15, -0.1) is 0 Å². The highest BCUT2D eigenvalue weighted by molar-refractivity contribution is 7.90. The number of amides is 2. The zero-order valence-electron chi connectivity index (χ0n) is 13.5. The first kappa shape index (κ1) is 19.2. The number of ether oxygens (including phenoxy) is 1. The molecule has 0 aromatic carbocycles. The molecule has 0 atom stereocenters. The lowest BCUT2D eigenvalue weighted by Crippen LogP contribution is -2.39. The van der Waals surface area contributed by atoms with E-state index in [1.807, 2.05) is 18.6 Å². The summed E-state index contributed by atoms with van der Waals surface area (Å²) >= 11 is 0. The van der Waals surface area contributed by atoms with Gasteiger partial charge in [0.15, 0.2) is 0 Å². The fourth-order valence-corrected chi connectivity index (χ4v) is 2.79. The van der Waals surface area contributed by atoms with Crippen LogP contribution >= 0.6 is 0 Å². The molecule has 0 aliphatic rings. The van der Waals surface area contributed by atoms with Crippen molar-refractivity contribution in [1.29, 1.82) is 0 Å². The van der Waals surface area contributed by atoms with Gasteiger partial charge in [-0.1, -0.05) is 6.92 Å². The molecule has 1 rings (SSSR count). The molecule has 0 unspecified atom stereocenters. The maximum atomic E-state index is 12.3. The smallest absolute Gasteiger partial charge is 0.328 e. The van der Waals surface area contributed by atoms with Crippen LogP contribution in [0.25, 0.3) is 0 Å². The summed E-state index contributed by atoms with van der Waals surface area (Å²) in [5.74, 6) is 0. The zero-order valence-corrected chi connectivity index (χ0v) is 14.3. The number of aromatic nitrogens is 1. The minimum Gasteiger partial charge on any atom is -0.384 e. The van der Waals surface area contributed by atoms with E-state index in [9.17, 15) is 13.2 Å². The van der Waals surface area contributed by atoms with Crippen LogP contribution in [-0.4, -0.2) is 45.7 Å². The number of anilines is 1. The summed E-state index contributed by atoms with van der Waals surface area (Å²) in [5.41, 5.74) is 0.396. The van der Waals surface area contributed by atoms with E-state index in [1.54, 1.807) is 6.07 Å². The number of nitrogens with one attached hydrogen (secondary N) is 3. The lowest BCUT2D eigenvalue weighted by atomic mass is 10.3. The maximum absolute atomic E-state index is 12.3. The molecular formula is C14H24N4O4S. The fraction of sp³-hybridized carbons (Fsp3) is 0.571. The summed E-state index contributed by atoms with van der Waals surface area (Å²) in [7, 11) is -3.99. The van der Waals surface area contributed by atoms with Crippen LogP contribution in [0, 0.1) is 0 Å². The number of pyridine rings is 1. The standard InChI is InChI=1S/C14H24N4O4S/c1-3-7-17-14(19)18-23(20,21)13-11-15-9-6-12(13)16-8-5-10-22-4-2/h6,9,11H,3-5,7-8,10H2,1-2H3,(H,15,16)(H2,17,18,19). The third-order valence-corrected chi connectivity index (χ3v) is 4.18. The van der Waals surface area contributed by atoms with Gasteiger partial charge in [-0.2, -0.15) is 0 Å². The number of rotatable bonds is 10. The Morgan fingerprint density at radius 3 is 2.78 bits per heavy atom. The van der Waals surface area contributed by atoms with E-state index < -0.39 is 16.1 Å². The van der Waals surface area contributed by atoms with Crippen LogP contribution in [0.2, 0.25) is 0 Å². The van der Waals surface area contributed by atoms with E-state index in [-0.39, 0.29) is 4.90 Å². The van der Waals surface area contributed by atoms with Gasteiger partial charge in [0.25, 0.3) is 10.0 Å². The van der Waals surface area contributed by atoms with E-state index in [0.717, 1.165) is 6.42 Å². The molecule has 1 heterocycles. The monoisotopic (exact) mass is 344 g/mol. The topological polar surface area (TPSA) is 109 Å². The van der Waals surface area contributed by atoms with Gasteiger partial charge in [0.2, 0.25) is 0 Å². The van der Waals surface area contributed by atoms with Crippen LogP contribution < -0.4 is 15.4 Å². The molecule has 8 nitrogen and oxygen atoms in total. The minimum atomic E-state index is -3.99. The lowest BCUT2D eigenvalue weighted by Gasteiger charge is -2.13. The zero-order chi connectivity index (χ0) is 17.1. The molecular weight excluding hydrogens is 320 g/mol. The van der Waals surface area contributed by atoms with Crippen molar-refractivity contribution >= 4 is 21.7 Å². The second-order valence-electron chi connectivity index (χ2n) is 4.71. The van der Waals surface area contributed by atoms with Gasteiger partial charge in [0.1, 0.15) is 4.90 Å². The Morgan fingerprint density at radius 2 is 2.09 bits per heavy atom. The molecule has 3 N–H and O–H groups in total. The van der Waals surface area contributed by atoms with Crippen molar-refractivity contribution in [3.8, 4) is 0 Å². The summed E-state index contributed by atoms with van der Waals surface area (Å²) in [4.78, 5) is 15.3. The molecule has 9 heteroatoms. The second-order valence-corrected chi connectivity index (χ2v) is 6.36. The van der Waals surface area contributed by atoms with Crippen LogP contribution in [-0.2, 0) is 14.8 Å². The summed E-state index contributed by atoms with van der Waals surface area (Å²) in [6, 6.07) is 0.803.